The molecule has 23 heavy (non-hydrogen) atoms. The number of carbonyl (C=O) groups excluding carboxylic acids is 1. The van der Waals surface area contributed by atoms with Crippen LogP contribution in [0.5, 0.6) is 5.75 Å². The number of rotatable bonds is 3. The van der Waals surface area contributed by atoms with Crippen LogP contribution < -0.4 is 10.5 Å². The lowest BCUT2D eigenvalue weighted by Crippen LogP contribution is -2.36. The van der Waals surface area contributed by atoms with E-state index in [0.29, 0.717) is 22.6 Å². The van der Waals surface area contributed by atoms with Crippen molar-refractivity contribution in [3.8, 4) is 5.75 Å². The van der Waals surface area contributed by atoms with Crippen molar-refractivity contribution in [2.75, 3.05) is 11.4 Å². The van der Waals surface area contributed by atoms with E-state index in [0.717, 1.165) is 0 Å². The van der Waals surface area contributed by atoms with Crippen LogP contribution >= 0.6 is 11.3 Å². The summed E-state index contributed by atoms with van der Waals surface area (Å²) in [4.78, 5) is 30.9. The molecule has 0 fully saturated rings. The van der Waals surface area contributed by atoms with Gasteiger partial charge in [0.15, 0.2) is 5.13 Å². The summed E-state index contributed by atoms with van der Waals surface area (Å²) < 4.78 is 1.37. The summed E-state index contributed by atoms with van der Waals surface area (Å²) >= 11 is 1.30. The van der Waals surface area contributed by atoms with Crippen LogP contribution in [0.4, 0.5) is 5.13 Å². The van der Waals surface area contributed by atoms with Crippen LogP contribution in [0.3, 0.4) is 0 Å². The number of aromatic nitrogens is 2. The summed E-state index contributed by atoms with van der Waals surface area (Å²) in [6.45, 7) is 2.14. The van der Waals surface area contributed by atoms with Crippen molar-refractivity contribution < 1.29 is 9.90 Å². The number of carbonyl (C=O) groups is 1. The third-order valence-corrected chi connectivity index (χ3v) is 4.50. The Hall–Kier alpha value is -2.67. The highest BCUT2D eigenvalue weighted by Crippen LogP contribution is 2.28. The third-order valence-electron chi connectivity index (χ3n) is 3.70. The molecule has 1 amide bonds. The van der Waals surface area contributed by atoms with Crippen LogP contribution in [-0.4, -0.2) is 27.1 Å². The van der Waals surface area contributed by atoms with Crippen LogP contribution in [-0.2, 0) is 7.05 Å². The monoisotopic (exact) mass is 329 g/mol. The molecule has 0 saturated carbocycles. The van der Waals surface area contributed by atoms with Gasteiger partial charge in [0.25, 0.3) is 11.5 Å². The maximum atomic E-state index is 12.8. The molecule has 0 aliphatic heterocycles. The van der Waals surface area contributed by atoms with Gasteiger partial charge in [-0.25, -0.2) is 4.98 Å². The van der Waals surface area contributed by atoms with E-state index in [9.17, 15) is 14.7 Å². The zero-order valence-electron chi connectivity index (χ0n) is 12.7. The van der Waals surface area contributed by atoms with E-state index in [-0.39, 0.29) is 11.3 Å². The van der Waals surface area contributed by atoms with E-state index >= 15 is 0 Å². The van der Waals surface area contributed by atoms with Crippen molar-refractivity contribution in [2.45, 2.75) is 6.92 Å². The molecule has 1 aromatic carbocycles. The van der Waals surface area contributed by atoms with Crippen molar-refractivity contribution in [2.24, 2.45) is 7.05 Å². The number of hydrogen-bond acceptors (Lipinski definition) is 5. The van der Waals surface area contributed by atoms with Crippen molar-refractivity contribution in [3.05, 3.63) is 51.8 Å². The van der Waals surface area contributed by atoms with Gasteiger partial charge in [0, 0.05) is 30.6 Å². The van der Waals surface area contributed by atoms with Gasteiger partial charge in [0.05, 0.1) is 5.52 Å². The van der Waals surface area contributed by atoms with Gasteiger partial charge in [-0.2, -0.15) is 0 Å². The molecule has 2 heterocycles. The van der Waals surface area contributed by atoms with Crippen LogP contribution in [0.1, 0.15) is 17.3 Å². The average Bonchev–Trinajstić information content (AvgIpc) is 3.08. The molecule has 0 unspecified atom stereocenters. The van der Waals surface area contributed by atoms with E-state index in [4.69, 9.17) is 0 Å². The molecule has 3 aromatic rings. The van der Waals surface area contributed by atoms with Crippen LogP contribution in [0, 0.1) is 0 Å². The van der Waals surface area contributed by atoms with Crippen molar-refractivity contribution in [1.29, 1.82) is 0 Å². The zero-order valence-corrected chi connectivity index (χ0v) is 13.5. The quantitative estimate of drug-likeness (QED) is 0.800. The molecule has 3 rings (SSSR count). The van der Waals surface area contributed by atoms with E-state index < -0.39 is 11.5 Å². The zero-order chi connectivity index (χ0) is 16.6. The second-order valence-corrected chi connectivity index (χ2v) is 5.84. The topological polar surface area (TPSA) is 75.4 Å². The number of benzene rings is 1. The summed E-state index contributed by atoms with van der Waals surface area (Å²) in [5, 5.41) is 13.2. The lowest BCUT2D eigenvalue weighted by atomic mass is 10.1. The van der Waals surface area contributed by atoms with Gasteiger partial charge >= 0.3 is 0 Å². The fraction of sp³-hybridized carbons (Fsp3) is 0.188. The summed E-state index contributed by atoms with van der Waals surface area (Å²) in [6, 6.07) is 6.93. The summed E-state index contributed by atoms with van der Waals surface area (Å²) in [5.41, 5.74) is -0.187. The average molecular weight is 329 g/mol. The van der Waals surface area contributed by atoms with Crippen LogP contribution in [0.25, 0.3) is 10.9 Å². The first-order valence-corrected chi connectivity index (χ1v) is 7.96. The fourth-order valence-corrected chi connectivity index (χ4v) is 3.23. The van der Waals surface area contributed by atoms with E-state index in [1.54, 1.807) is 49.8 Å². The molecular weight excluding hydrogens is 314 g/mol. The lowest BCUT2D eigenvalue weighted by molar-refractivity contribution is 0.0984. The van der Waals surface area contributed by atoms with E-state index in [2.05, 4.69) is 4.98 Å². The van der Waals surface area contributed by atoms with Gasteiger partial charge in [-0.15, -0.1) is 11.3 Å². The molecule has 0 spiro atoms. The predicted molar refractivity (Wildman–Crippen MR) is 90.3 cm³/mol. The second kappa shape index (κ2) is 5.85. The molecule has 118 valence electrons. The Bertz CT molecular complexity index is 932. The molecule has 6 nitrogen and oxygen atoms in total. The third kappa shape index (κ3) is 2.39. The summed E-state index contributed by atoms with van der Waals surface area (Å²) in [5.74, 6) is -0.838. The molecule has 0 radical (unpaired) electrons. The van der Waals surface area contributed by atoms with Gasteiger partial charge in [-0.1, -0.05) is 12.1 Å². The van der Waals surface area contributed by atoms with E-state index in [1.165, 1.54) is 20.8 Å². The SMILES string of the molecule is CCN(C(=O)c1c(O)c2ccccc2n(C)c1=O)c1nccs1. The number of para-hydroxylation sites is 1. The number of pyridine rings is 1. The highest BCUT2D eigenvalue weighted by atomic mass is 32.1. The number of nitrogens with zero attached hydrogens (tertiary/aromatic N) is 3. The van der Waals surface area contributed by atoms with Gasteiger partial charge in [0.2, 0.25) is 0 Å². The Morgan fingerprint density at radius 1 is 1.39 bits per heavy atom. The van der Waals surface area contributed by atoms with Gasteiger partial charge < -0.3 is 9.67 Å². The van der Waals surface area contributed by atoms with Gasteiger partial charge in [-0.05, 0) is 19.1 Å². The van der Waals surface area contributed by atoms with Crippen molar-refractivity contribution in [3.63, 3.8) is 0 Å². The number of amides is 1. The number of fused-ring (bicyclic) bond motifs is 1. The first kappa shape index (κ1) is 15.2. The van der Waals surface area contributed by atoms with Crippen molar-refractivity contribution in [1.82, 2.24) is 9.55 Å². The highest BCUT2D eigenvalue weighted by Gasteiger charge is 2.26. The Balaban J connectivity index is 2.24. The molecule has 7 heteroatoms. The van der Waals surface area contributed by atoms with E-state index in [1.807, 2.05) is 0 Å². The molecule has 0 bridgehead atoms. The molecule has 2 aromatic heterocycles. The Labute approximate surface area is 136 Å². The molecule has 0 atom stereocenters. The lowest BCUT2D eigenvalue weighted by Gasteiger charge is -2.19. The smallest absolute Gasteiger partial charge is 0.269 e. The molecule has 0 aliphatic rings. The molecule has 1 N–H and O–H groups in total. The van der Waals surface area contributed by atoms with Crippen molar-refractivity contribution >= 4 is 33.3 Å². The van der Waals surface area contributed by atoms with Gasteiger partial charge in [0.1, 0.15) is 11.3 Å². The molecule has 0 saturated heterocycles. The number of aryl methyl sites for hydroxylation is 1. The summed E-state index contributed by atoms with van der Waals surface area (Å²) in [7, 11) is 1.58. The highest BCUT2D eigenvalue weighted by molar-refractivity contribution is 7.13. The number of hydrogen-bond donors (Lipinski definition) is 1. The Morgan fingerprint density at radius 3 is 2.78 bits per heavy atom. The van der Waals surface area contributed by atoms with Gasteiger partial charge in [-0.3, -0.25) is 14.5 Å². The number of anilines is 1. The first-order chi connectivity index (χ1) is 11.1. The first-order valence-electron chi connectivity index (χ1n) is 7.08. The Kier molecular flexibility index (Phi) is 3.87. The number of thiazole rings is 1. The fourth-order valence-electron chi connectivity index (χ4n) is 2.52. The normalized spacial score (nSPS) is 10.9. The Morgan fingerprint density at radius 2 is 2.13 bits per heavy atom. The minimum absolute atomic E-state index is 0.233. The molecule has 0 aliphatic carbocycles. The maximum Gasteiger partial charge on any atom is 0.269 e. The largest absolute Gasteiger partial charge is 0.506 e. The number of aromatic hydroxyl groups is 1. The van der Waals surface area contributed by atoms with Crippen LogP contribution in [0.2, 0.25) is 0 Å². The minimum Gasteiger partial charge on any atom is -0.506 e. The van der Waals surface area contributed by atoms with Crippen LogP contribution in [0.15, 0.2) is 40.6 Å². The minimum atomic E-state index is -0.550. The predicted octanol–water partition coefficient (Wildman–Crippen LogP) is 2.37. The molecular formula is C16H15N3O3S. The standard InChI is InChI=1S/C16H15N3O3S/c1-3-19(16-17-8-9-23-16)15(22)12-13(20)10-6-4-5-7-11(10)18(2)14(12)21/h4-9,20H,3H2,1-2H3. The summed E-state index contributed by atoms with van der Waals surface area (Å²) in [6.07, 6.45) is 1.59. The maximum absolute atomic E-state index is 12.8. The second-order valence-electron chi connectivity index (χ2n) is 4.97.